The van der Waals surface area contributed by atoms with E-state index in [1.54, 1.807) is 6.07 Å². The number of hydrogen-bond donors (Lipinski definition) is 1. The average molecular weight is 272 g/mol. The molecule has 0 radical (unpaired) electrons. The fourth-order valence-corrected chi connectivity index (χ4v) is 1.85. The van der Waals surface area contributed by atoms with Crippen molar-refractivity contribution in [2.75, 3.05) is 5.32 Å². The first-order chi connectivity index (χ1) is 7.08. The third-order valence-corrected chi connectivity index (χ3v) is 3.32. The summed E-state index contributed by atoms with van der Waals surface area (Å²) in [5, 5.41) is 2.72. The predicted molar refractivity (Wildman–Crippen MR) is 60.0 cm³/mol. The molecular weight excluding hydrogens is 261 g/mol. The van der Waals surface area contributed by atoms with Crippen LogP contribution in [0.4, 0.5) is 10.1 Å². The fraction of sp³-hybridized carbons (Fsp3) is 0.364. The lowest BCUT2D eigenvalue weighted by Crippen LogP contribution is -2.14. The maximum Gasteiger partial charge on any atom is 0.227 e. The number of nitrogens with one attached hydrogen (secondary N) is 1. The zero-order chi connectivity index (χ0) is 11.0. The summed E-state index contributed by atoms with van der Waals surface area (Å²) in [5.41, 5.74) is 0.499. The normalized spacial score (nSPS) is 23.7. The number of rotatable bonds is 2. The molecule has 0 heterocycles. The van der Waals surface area contributed by atoms with Crippen molar-refractivity contribution in [3.8, 4) is 0 Å². The second-order valence-corrected chi connectivity index (χ2v) is 4.79. The molecule has 1 aromatic rings. The summed E-state index contributed by atoms with van der Waals surface area (Å²) in [7, 11) is 0. The predicted octanol–water partition coefficient (Wildman–Crippen LogP) is 3.18. The van der Waals surface area contributed by atoms with Crippen molar-refractivity contribution in [2.24, 2.45) is 11.8 Å². The third kappa shape index (κ3) is 2.37. The van der Waals surface area contributed by atoms with E-state index in [4.69, 9.17) is 0 Å². The molecule has 1 fully saturated rings. The van der Waals surface area contributed by atoms with Crippen LogP contribution in [0, 0.1) is 17.7 Å². The Hall–Kier alpha value is -0.900. The monoisotopic (exact) mass is 271 g/mol. The highest BCUT2D eigenvalue weighted by Crippen LogP contribution is 2.39. The van der Waals surface area contributed by atoms with Crippen LogP contribution in [0.25, 0.3) is 0 Å². The van der Waals surface area contributed by atoms with Crippen LogP contribution in [-0.2, 0) is 4.79 Å². The molecule has 1 amide bonds. The molecule has 2 rings (SSSR count). The van der Waals surface area contributed by atoms with Gasteiger partial charge in [-0.2, -0.15) is 0 Å². The van der Waals surface area contributed by atoms with Crippen molar-refractivity contribution in [3.05, 3.63) is 28.5 Å². The molecule has 0 saturated heterocycles. The minimum atomic E-state index is -0.350. The Morgan fingerprint density at radius 2 is 2.27 bits per heavy atom. The van der Waals surface area contributed by atoms with Gasteiger partial charge in [0.2, 0.25) is 5.91 Å². The van der Waals surface area contributed by atoms with Gasteiger partial charge in [-0.1, -0.05) is 6.92 Å². The Labute approximate surface area is 96.0 Å². The highest BCUT2D eigenvalue weighted by Gasteiger charge is 2.39. The van der Waals surface area contributed by atoms with Crippen LogP contribution < -0.4 is 5.32 Å². The van der Waals surface area contributed by atoms with Gasteiger partial charge in [0.1, 0.15) is 5.82 Å². The van der Waals surface area contributed by atoms with E-state index in [9.17, 15) is 9.18 Å². The van der Waals surface area contributed by atoms with Gasteiger partial charge in [-0.15, -0.1) is 0 Å². The molecule has 0 aromatic heterocycles. The molecule has 4 heteroatoms. The third-order valence-electron chi connectivity index (χ3n) is 2.63. The molecule has 1 aliphatic carbocycles. The Balaban J connectivity index is 2.10. The van der Waals surface area contributed by atoms with Crippen molar-refractivity contribution >= 4 is 27.5 Å². The van der Waals surface area contributed by atoms with Gasteiger partial charge in [0.05, 0.1) is 5.69 Å². The van der Waals surface area contributed by atoms with Gasteiger partial charge >= 0.3 is 0 Å². The van der Waals surface area contributed by atoms with E-state index >= 15 is 0 Å². The topological polar surface area (TPSA) is 29.1 Å². The van der Waals surface area contributed by atoms with E-state index < -0.39 is 0 Å². The Bertz CT molecular complexity index is 408. The van der Waals surface area contributed by atoms with Crippen molar-refractivity contribution in [3.63, 3.8) is 0 Å². The molecule has 1 saturated carbocycles. The molecule has 2 nitrogen and oxygen atoms in total. The van der Waals surface area contributed by atoms with Gasteiger partial charge in [-0.25, -0.2) is 4.39 Å². The summed E-state index contributed by atoms with van der Waals surface area (Å²) >= 11 is 3.26. The summed E-state index contributed by atoms with van der Waals surface area (Å²) in [6.45, 7) is 2.03. The van der Waals surface area contributed by atoms with E-state index in [1.165, 1.54) is 12.1 Å². The second-order valence-electron chi connectivity index (χ2n) is 3.93. The van der Waals surface area contributed by atoms with Gasteiger partial charge in [-0.05, 0) is 46.5 Å². The van der Waals surface area contributed by atoms with Crippen molar-refractivity contribution in [1.29, 1.82) is 0 Å². The lowest BCUT2D eigenvalue weighted by Gasteiger charge is -2.06. The molecule has 15 heavy (non-hydrogen) atoms. The van der Waals surface area contributed by atoms with Gasteiger partial charge in [0, 0.05) is 10.4 Å². The van der Waals surface area contributed by atoms with Crippen LogP contribution in [0.2, 0.25) is 0 Å². The van der Waals surface area contributed by atoms with Gasteiger partial charge in [0.25, 0.3) is 0 Å². The lowest BCUT2D eigenvalue weighted by molar-refractivity contribution is -0.117. The van der Waals surface area contributed by atoms with Crippen LogP contribution in [0.3, 0.4) is 0 Å². The molecule has 0 spiro atoms. The van der Waals surface area contributed by atoms with E-state index in [-0.39, 0.29) is 17.6 Å². The van der Waals surface area contributed by atoms with Gasteiger partial charge < -0.3 is 5.32 Å². The highest BCUT2D eigenvalue weighted by atomic mass is 79.9. The summed E-state index contributed by atoms with van der Waals surface area (Å²) in [6.07, 6.45) is 0.929. The molecule has 2 unspecified atom stereocenters. The zero-order valence-electron chi connectivity index (χ0n) is 8.26. The quantitative estimate of drug-likeness (QED) is 0.880. The maximum absolute atomic E-state index is 12.9. The van der Waals surface area contributed by atoms with E-state index in [2.05, 4.69) is 21.2 Å². The van der Waals surface area contributed by atoms with Crippen LogP contribution in [0.1, 0.15) is 13.3 Å². The number of benzene rings is 1. The van der Waals surface area contributed by atoms with E-state index in [0.29, 0.717) is 16.1 Å². The summed E-state index contributed by atoms with van der Waals surface area (Å²) in [5.74, 6) is 0.184. The molecule has 0 bridgehead atoms. The molecule has 2 atom stereocenters. The first-order valence-electron chi connectivity index (χ1n) is 4.84. The molecule has 0 aliphatic heterocycles. The first-order valence-corrected chi connectivity index (χ1v) is 5.63. The van der Waals surface area contributed by atoms with Crippen LogP contribution >= 0.6 is 15.9 Å². The lowest BCUT2D eigenvalue weighted by atomic mass is 10.2. The number of carbonyl (C=O) groups is 1. The molecule has 1 aliphatic rings. The molecule has 1 N–H and O–H groups in total. The first kappa shape index (κ1) is 10.6. The SMILES string of the molecule is CC1CC1C(=O)Nc1cc(F)ccc1Br. The van der Waals surface area contributed by atoms with Gasteiger partial charge in [-0.3, -0.25) is 4.79 Å². The number of hydrogen-bond acceptors (Lipinski definition) is 1. The van der Waals surface area contributed by atoms with Crippen molar-refractivity contribution in [1.82, 2.24) is 0 Å². The number of carbonyl (C=O) groups excluding carboxylic acids is 1. The average Bonchev–Trinajstić information content (AvgIpc) is 2.89. The Morgan fingerprint density at radius 1 is 1.60 bits per heavy atom. The van der Waals surface area contributed by atoms with Crippen molar-refractivity contribution in [2.45, 2.75) is 13.3 Å². The number of amides is 1. The minimum Gasteiger partial charge on any atom is -0.325 e. The van der Waals surface area contributed by atoms with Crippen molar-refractivity contribution < 1.29 is 9.18 Å². The minimum absolute atomic E-state index is 0.0196. The highest BCUT2D eigenvalue weighted by molar-refractivity contribution is 9.10. The largest absolute Gasteiger partial charge is 0.325 e. The van der Waals surface area contributed by atoms with E-state index in [1.807, 2.05) is 6.92 Å². The number of halogens is 2. The molecule has 80 valence electrons. The Kier molecular flexibility index (Phi) is 2.78. The molecule has 1 aromatic carbocycles. The summed E-state index contributed by atoms with van der Waals surface area (Å²) in [6, 6.07) is 4.25. The summed E-state index contributed by atoms with van der Waals surface area (Å²) in [4.78, 5) is 11.6. The standard InChI is InChI=1S/C11H11BrFNO/c1-6-4-8(6)11(15)14-10-5-7(13)2-3-9(10)12/h2-3,5-6,8H,4H2,1H3,(H,14,15). The molecular formula is C11H11BrFNO. The van der Waals surface area contributed by atoms with Gasteiger partial charge in [0.15, 0.2) is 0 Å². The van der Waals surface area contributed by atoms with Crippen LogP contribution in [-0.4, -0.2) is 5.91 Å². The second kappa shape index (κ2) is 3.93. The Morgan fingerprint density at radius 3 is 2.87 bits per heavy atom. The van der Waals surface area contributed by atoms with E-state index in [0.717, 1.165) is 6.42 Å². The number of anilines is 1. The smallest absolute Gasteiger partial charge is 0.227 e. The zero-order valence-corrected chi connectivity index (χ0v) is 9.84. The van der Waals surface area contributed by atoms with Crippen LogP contribution in [0.15, 0.2) is 22.7 Å². The maximum atomic E-state index is 12.9. The van der Waals surface area contributed by atoms with Crippen LogP contribution in [0.5, 0.6) is 0 Å². The fourth-order valence-electron chi connectivity index (χ4n) is 1.51. The summed E-state index contributed by atoms with van der Waals surface area (Å²) < 4.78 is 13.6.